The molecule has 1 aliphatic rings. The molecule has 0 unspecified atom stereocenters. The first-order valence-electron chi connectivity index (χ1n) is 6.69. The SMILES string of the molecule is COC(=O)C1CCN(C(=O)c2cc(C)ccc2O)CC1. The van der Waals surface area contributed by atoms with Crippen LogP contribution in [0.5, 0.6) is 5.75 Å². The van der Waals surface area contributed by atoms with Crippen LogP contribution >= 0.6 is 0 Å². The first-order valence-corrected chi connectivity index (χ1v) is 6.69. The van der Waals surface area contributed by atoms with E-state index in [1.807, 2.05) is 6.92 Å². The summed E-state index contributed by atoms with van der Waals surface area (Å²) in [5, 5.41) is 9.79. The van der Waals surface area contributed by atoms with Gasteiger partial charge in [-0.25, -0.2) is 0 Å². The van der Waals surface area contributed by atoms with Gasteiger partial charge in [-0.05, 0) is 31.9 Å². The van der Waals surface area contributed by atoms with Gasteiger partial charge in [-0.3, -0.25) is 9.59 Å². The fourth-order valence-corrected chi connectivity index (χ4v) is 2.48. The van der Waals surface area contributed by atoms with Crippen molar-refractivity contribution < 1.29 is 19.4 Å². The molecule has 5 nitrogen and oxygen atoms in total. The van der Waals surface area contributed by atoms with Crippen LogP contribution in [-0.2, 0) is 9.53 Å². The number of amides is 1. The van der Waals surface area contributed by atoms with Gasteiger partial charge in [0, 0.05) is 13.1 Å². The molecule has 108 valence electrons. The summed E-state index contributed by atoms with van der Waals surface area (Å²) >= 11 is 0. The van der Waals surface area contributed by atoms with Crippen LogP contribution < -0.4 is 0 Å². The monoisotopic (exact) mass is 277 g/mol. The molecule has 1 amide bonds. The van der Waals surface area contributed by atoms with Crippen molar-refractivity contribution in [3.05, 3.63) is 29.3 Å². The van der Waals surface area contributed by atoms with Gasteiger partial charge in [-0.1, -0.05) is 11.6 Å². The number of esters is 1. The van der Waals surface area contributed by atoms with E-state index in [1.165, 1.54) is 13.2 Å². The number of aromatic hydroxyl groups is 1. The van der Waals surface area contributed by atoms with Crippen molar-refractivity contribution in [1.82, 2.24) is 4.90 Å². The number of hydrogen-bond donors (Lipinski definition) is 1. The Kier molecular flexibility index (Phi) is 4.27. The van der Waals surface area contributed by atoms with Gasteiger partial charge in [-0.15, -0.1) is 0 Å². The van der Waals surface area contributed by atoms with Crippen LogP contribution in [-0.4, -0.2) is 42.1 Å². The van der Waals surface area contributed by atoms with E-state index in [1.54, 1.807) is 17.0 Å². The molecule has 0 saturated carbocycles. The molecule has 1 aromatic carbocycles. The van der Waals surface area contributed by atoms with E-state index >= 15 is 0 Å². The summed E-state index contributed by atoms with van der Waals surface area (Å²) in [7, 11) is 1.38. The van der Waals surface area contributed by atoms with Gasteiger partial charge >= 0.3 is 5.97 Å². The normalized spacial score (nSPS) is 16.0. The molecule has 2 rings (SSSR count). The summed E-state index contributed by atoms with van der Waals surface area (Å²) in [5.74, 6) is -0.532. The molecule has 0 spiro atoms. The number of ether oxygens (including phenoxy) is 1. The van der Waals surface area contributed by atoms with Crippen LogP contribution in [0.4, 0.5) is 0 Å². The molecule has 1 N–H and O–H groups in total. The number of benzene rings is 1. The fourth-order valence-electron chi connectivity index (χ4n) is 2.48. The van der Waals surface area contributed by atoms with Crippen LogP contribution in [0.25, 0.3) is 0 Å². The van der Waals surface area contributed by atoms with Crippen molar-refractivity contribution in [1.29, 1.82) is 0 Å². The smallest absolute Gasteiger partial charge is 0.308 e. The summed E-state index contributed by atoms with van der Waals surface area (Å²) in [6, 6.07) is 4.98. The van der Waals surface area contributed by atoms with Gasteiger partial charge in [0.25, 0.3) is 5.91 Å². The lowest BCUT2D eigenvalue weighted by Crippen LogP contribution is -2.40. The van der Waals surface area contributed by atoms with E-state index in [0.29, 0.717) is 31.5 Å². The summed E-state index contributed by atoms with van der Waals surface area (Å²) in [6.07, 6.45) is 1.20. The summed E-state index contributed by atoms with van der Waals surface area (Å²) in [4.78, 5) is 25.5. The predicted molar refractivity (Wildman–Crippen MR) is 73.5 cm³/mol. The molecule has 0 bridgehead atoms. The molecule has 1 aliphatic heterocycles. The Bertz CT molecular complexity index is 519. The first-order chi connectivity index (χ1) is 9.52. The lowest BCUT2D eigenvalue weighted by atomic mass is 9.96. The first kappa shape index (κ1) is 14.4. The average Bonchev–Trinajstić information content (AvgIpc) is 2.48. The van der Waals surface area contributed by atoms with Gasteiger partial charge in [0.1, 0.15) is 5.75 Å². The minimum absolute atomic E-state index is 0.00399. The Morgan fingerprint density at radius 3 is 2.55 bits per heavy atom. The highest BCUT2D eigenvalue weighted by atomic mass is 16.5. The second kappa shape index (κ2) is 5.94. The largest absolute Gasteiger partial charge is 0.507 e. The number of phenols is 1. The van der Waals surface area contributed by atoms with Crippen molar-refractivity contribution in [2.75, 3.05) is 20.2 Å². The van der Waals surface area contributed by atoms with Crippen molar-refractivity contribution in [2.45, 2.75) is 19.8 Å². The van der Waals surface area contributed by atoms with Crippen LogP contribution in [0, 0.1) is 12.8 Å². The second-order valence-electron chi connectivity index (χ2n) is 5.11. The van der Waals surface area contributed by atoms with Crippen LogP contribution in [0.15, 0.2) is 18.2 Å². The lowest BCUT2D eigenvalue weighted by Gasteiger charge is -2.30. The number of likely N-dealkylation sites (tertiary alicyclic amines) is 1. The summed E-state index contributed by atoms with van der Waals surface area (Å²) < 4.78 is 4.72. The van der Waals surface area contributed by atoms with E-state index in [4.69, 9.17) is 4.74 Å². The molecule has 0 aromatic heterocycles. The molecule has 0 aliphatic carbocycles. The zero-order valence-electron chi connectivity index (χ0n) is 11.8. The average molecular weight is 277 g/mol. The third-order valence-electron chi connectivity index (χ3n) is 3.70. The van der Waals surface area contributed by atoms with E-state index < -0.39 is 0 Å². The predicted octanol–water partition coefficient (Wildman–Crippen LogP) is 1.73. The zero-order chi connectivity index (χ0) is 14.7. The molecule has 20 heavy (non-hydrogen) atoms. The Balaban J connectivity index is 2.05. The highest BCUT2D eigenvalue weighted by molar-refractivity contribution is 5.97. The van der Waals surface area contributed by atoms with E-state index in [-0.39, 0.29) is 23.5 Å². The molecule has 0 atom stereocenters. The standard InChI is InChI=1S/C15H19NO4/c1-10-3-4-13(17)12(9-10)14(18)16-7-5-11(6-8-16)15(19)20-2/h3-4,9,11,17H,5-8H2,1-2H3. The summed E-state index contributed by atoms with van der Waals surface area (Å²) in [6.45, 7) is 2.89. The van der Waals surface area contributed by atoms with Crippen LogP contribution in [0.2, 0.25) is 0 Å². The van der Waals surface area contributed by atoms with Gasteiger partial charge < -0.3 is 14.7 Å². The van der Waals surface area contributed by atoms with Crippen LogP contribution in [0.1, 0.15) is 28.8 Å². The topological polar surface area (TPSA) is 66.8 Å². The van der Waals surface area contributed by atoms with Crippen LogP contribution in [0.3, 0.4) is 0 Å². The fraction of sp³-hybridized carbons (Fsp3) is 0.467. The number of carbonyl (C=O) groups excluding carboxylic acids is 2. The quantitative estimate of drug-likeness (QED) is 0.836. The van der Waals surface area contributed by atoms with Crippen molar-refractivity contribution in [2.24, 2.45) is 5.92 Å². The molecular formula is C15H19NO4. The minimum Gasteiger partial charge on any atom is -0.507 e. The maximum absolute atomic E-state index is 12.4. The van der Waals surface area contributed by atoms with Gasteiger partial charge in [0.05, 0.1) is 18.6 Å². The maximum Gasteiger partial charge on any atom is 0.308 e. The third-order valence-corrected chi connectivity index (χ3v) is 3.70. The van der Waals surface area contributed by atoms with Crippen molar-refractivity contribution in [3.8, 4) is 5.75 Å². The molecule has 1 fully saturated rings. The maximum atomic E-state index is 12.4. The summed E-state index contributed by atoms with van der Waals surface area (Å²) in [5.41, 5.74) is 1.25. The van der Waals surface area contributed by atoms with Gasteiger partial charge in [-0.2, -0.15) is 0 Å². The number of nitrogens with zero attached hydrogens (tertiary/aromatic N) is 1. The number of carbonyl (C=O) groups is 2. The number of methoxy groups -OCH3 is 1. The Labute approximate surface area is 118 Å². The van der Waals surface area contributed by atoms with E-state index in [0.717, 1.165) is 5.56 Å². The second-order valence-corrected chi connectivity index (χ2v) is 5.11. The molecule has 5 heteroatoms. The number of hydrogen-bond acceptors (Lipinski definition) is 4. The van der Waals surface area contributed by atoms with E-state index in [9.17, 15) is 14.7 Å². The molecule has 1 heterocycles. The minimum atomic E-state index is -0.212. The third kappa shape index (κ3) is 2.92. The number of rotatable bonds is 2. The number of piperidine rings is 1. The molecular weight excluding hydrogens is 258 g/mol. The van der Waals surface area contributed by atoms with Gasteiger partial charge in [0.2, 0.25) is 0 Å². The highest BCUT2D eigenvalue weighted by Crippen LogP contribution is 2.24. The zero-order valence-corrected chi connectivity index (χ0v) is 11.8. The van der Waals surface area contributed by atoms with Gasteiger partial charge in [0.15, 0.2) is 0 Å². The van der Waals surface area contributed by atoms with Crippen molar-refractivity contribution >= 4 is 11.9 Å². The Morgan fingerprint density at radius 2 is 1.95 bits per heavy atom. The van der Waals surface area contributed by atoms with Crippen molar-refractivity contribution in [3.63, 3.8) is 0 Å². The number of aryl methyl sites for hydroxylation is 1. The Morgan fingerprint density at radius 1 is 1.30 bits per heavy atom. The lowest BCUT2D eigenvalue weighted by molar-refractivity contribution is -0.146. The highest BCUT2D eigenvalue weighted by Gasteiger charge is 2.29. The molecule has 1 saturated heterocycles. The molecule has 0 radical (unpaired) electrons. The Hall–Kier alpha value is -2.04. The van der Waals surface area contributed by atoms with E-state index in [2.05, 4.69) is 0 Å². The number of phenolic OH excluding ortho intramolecular Hbond substituents is 1. The molecule has 1 aromatic rings.